The Balaban J connectivity index is 2.25. The van der Waals surface area contributed by atoms with E-state index in [0.29, 0.717) is 12.8 Å². The van der Waals surface area contributed by atoms with Gasteiger partial charge in [-0.25, -0.2) is 4.79 Å². The van der Waals surface area contributed by atoms with E-state index in [2.05, 4.69) is 29.9 Å². The molecule has 1 aromatic rings. The first-order chi connectivity index (χ1) is 13.8. The van der Waals surface area contributed by atoms with Crippen LogP contribution in [0, 0.1) is 5.41 Å². The summed E-state index contributed by atoms with van der Waals surface area (Å²) in [5.41, 5.74) is 0.979. The van der Waals surface area contributed by atoms with Crippen LogP contribution in [0.4, 0.5) is 8.78 Å². The lowest BCUT2D eigenvalue weighted by Gasteiger charge is -2.37. The van der Waals surface area contributed by atoms with Gasteiger partial charge < -0.3 is 4.74 Å². The molecule has 0 aromatic heterocycles. The molecule has 2 rings (SSSR count). The Morgan fingerprint density at radius 1 is 1.17 bits per heavy atom. The minimum Gasteiger partial charge on any atom is -0.459 e. The lowest BCUT2D eigenvalue weighted by atomic mass is 9.68. The summed E-state index contributed by atoms with van der Waals surface area (Å²) >= 11 is 0. The van der Waals surface area contributed by atoms with Crippen LogP contribution >= 0.6 is 0 Å². The fourth-order valence-electron chi connectivity index (χ4n) is 3.77. The Bertz CT molecular complexity index is 921. The third kappa shape index (κ3) is 5.55. The van der Waals surface area contributed by atoms with Crippen LogP contribution in [0.1, 0.15) is 51.2 Å². The zero-order valence-corrected chi connectivity index (χ0v) is 18.2. The van der Waals surface area contributed by atoms with Gasteiger partial charge in [0.15, 0.2) is 0 Å². The average Bonchev–Trinajstić information content (AvgIpc) is 2.64. The van der Waals surface area contributed by atoms with Crippen molar-refractivity contribution in [3.8, 4) is 0 Å². The van der Waals surface area contributed by atoms with Crippen molar-refractivity contribution < 1.29 is 31.3 Å². The predicted molar refractivity (Wildman–Crippen MR) is 111 cm³/mol. The van der Waals surface area contributed by atoms with Crippen LogP contribution in [0.15, 0.2) is 48.6 Å². The minimum atomic E-state index is -5.90. The predicted octanol–water partition coefficient (Wildman–Crippen LogP) is 4.83. The largest absolute Gasteiger partial charge is 0.465 e. The number of hydrogen-bond donors (Lipinski definition) is 1. The van der Waals surface area contributed by atoms with Gasteiger partial charge in [0.2, 0.25) is 0 Å². The SMILES string of the molecule is CCCc1ccc(C2(C)C=CCC=CC(C)(COC(=O)C(F)(F)S(=O)(=O)O)C2)cc1. The highest BCUT2D eigenvalue weighted by Gasteiger charge is 2.54. The number of hydrogen-bond acceptors (Lipinski definition) is 4. The van der Waals surface area contributed by atoms with Crippen LogP contribution in [-0.4, -0.2) is 30.8 Å². The maximum atomic E-state index is 13.5. The molecule has 5 nitrogen and oxygen atoms in total. The number of ether oxygens (including phenoxy) is 1. The second kappa shape index (κ2) is 8.98. The molecule has 0 saturated carbocycles. The molecule has 0 aliphatic heterocycles. The van der Waals surface area contributed by atoms with E-state index in [9.17, 15) is 22.0 Å². The molecule has 1 aliphatic carbocycles. The van der Waals surface area contributed by atoms with Crippen LogP contribution < -0.4 is 0 Å². The van der Waals surface area contributed by atoms with Crippen LogP contribution in [0.3, 0.4) is 0 Å². The molecule has 0 spiro atoms. The van der Waals surface area contributed by atoms with Gasteiger partial charge in [-0.15, -0.1) is 0 Å². The van der Waals surface area contributed by atoms with Crippen LogP contribution in [0.2, 0.25) is 0 Å². The summed E-state index contributed by atoms with van der Waals surface area (Å²) in [6, 6.07) is 8.21. The van der Waals surface area contributed by atoms with E-state index in [0.717, 1.165) is 18.4 Å². The third-order valence-corrected chi connectivity index (χ3v) is 6.11. The number of aryl methyl sites for hydroxylation is 1. The monoisotopic (exact) mass is 442 g/mol. The number of rotatable bonds is 7. The van der Waals surface area contributed by atoms with E-state index in [4.69, 9.17) is 4.55 Å². The maximum Gasteiger partial charge on any atom is 0.465 e. The smallest absolute Gasteiger partial charge is 0.459 e. The molecule has 2 atom stereocenters. The number of esters is 1. The van der Waals surface area contributed by atoms with Crippen molar-refractivity contribution in [2.45, 2.75) is 57.1 Å². The van der Waals surface area contributed by atoms with Gasteiger partial charge in [0.05, 0.1) is 0 Å². The summed E-state index contributed by atoms with van der Waals surface area (Å²) in [5, 5.41) is -5.01. The van der Waals surface area contributed by atoms with Crippen molar-refractivity contribution in [2.24, 2.45) is 5.41 Å². The summed E-state index contributed by atoms with van der Waals surface area (Å²) in [6.45, 7) is 5.43. The number of benzene rings is 1. The van der Waals surface area contributed by atoms with Crippen molar-refractivity contribution in [3.63, 3.8) is 0 Å². The van der Waals surface area contributed by atoms with Crippen molar-refractivity contribution in [3.05, 3.63) is 59.7 Å². The lowest BCUT2D eigenvalue weighted by molar-refractivity contribution is -0.164. The maximum absolute atomic E-state index is 13.5. The Labute approximate surface area is 176 Å². The Morgan fingerprint density at radius 3 is 2.33 bits per heavy atom. The zero-order valence-electron chi connectivity index (χ0n) is 17.4. The van der Waals surface area contributed by atoms with Gasteiger partial charge in [0, 0.05) is 10.8 Å². The molecule has 1 N–H and O–H groups in total. The van der Waals surface area contributed by atoms with E-state index in [1.807, 2.05) is 31.2 Å². The fraction of sp³-hybridized carbons (Fsp3) is 0.500. The van der Waals surface area contributed by atoms with E-state index in [1.54, 1.807) is 13.0 Å². The summed E-state index contributed by atoms with van der Waals surface area (Å²) in [5.74, 6) is -2.29. The molecular weight excluding hydrogens is 414 g/mol. The highest BCUT2D eigenvalue weighted by atomic mass is 32.2. The second-order valence-electron chi connectivity index (χ2n) is 8.30. The normalized spacial score (nSPS) is 24.9. The topological polar surface area (TPSA) is 80.7 Å². The van der Waals surface area contributed by atoms with E-state index in [1.165, 1.54) is 5.56 Å². The van der Waals surface area contributed by atoms with Gasteiger partial charge >= 0.3 is 21.3 Å². The van der Waals surface area contributed by atoms with Gasteiger partial charge in [0.25, 0.3) is 0 Å². The molecule has 0 radical (unpaired) electrons. The molecule has 8 heteroatoms. The first kappa shape index (κ1) is 24.2. The molecule has 0 fully saturated rings. The molecule has 0 saturated heterocycles. The van der Waals surface area contributed by atoms with Crippen LogP contribution in [-0.2, 0) is 31.5 Å². The highest BCUT2D eigenvalue weighted by molar-refractivity contribution is 7.87. The molecule has 0 bridgehead atoms. The molecule has 166 valence electrons. The number of allylic oxidation sites excluding steroid dienone is 3. The van der Waals surface area contributed by atoms with Crippen molar-refractivity contribution in [2.75, 3.05) is 6.61 Å². The Kier molecular flexibility index (Phi) is 7.24. The zero-order chi connectivity index (χ0) is 22.6. The summed E-state index contributed by atoms with van der Waals surface area (Å²) < 4.78 is 61.8. The lowest BCUT2D eigenvalue weighted by Crippen LogP contribution is -2.41. The molecule has 1 aliphatic rings. The van der Waals surface area contributed by atoms with E-state index in [-0.39, 0.29) is 0 Å². The number of halogens is 2. The van der Waals surface area contributed by atoms with Crippen LogP contribution in [0.25, 0.3) is 0 Å². The number of alkyl halides is 2. The second-order valence-corrected chi connectivity index (χ2v) is 9.77. The number of carbonyl (C=O) groups excluding carboxylic acids is 1. The third-order valence-electron chi connectivity index (χ3n) is 5.30. The van der Waals surface area contributed by atoms with Gasteiger partial charge in [-0.1, -0.05) is 75.8 Å². The first-order valence-electron chi connectivity index (χ1n) is 9.80. The van der Waals surface area contributed by atoms with Crippen molar-refractivity contribution in [1.29, 1.82) is 0 Å². The first-order valence-corrected chi connectivity index (χ1v) is 11.2. The Hall–Kier alpha value is -2.06. The molecule has 0 heterocycles. The summed E-state index contributed by atoms with van der Waals surface area (Å²) in [6.07, 6.45) is 10.8. The quantitative estimate of drug-likeness (QED) is 0.372. The summed E-state index contributed by atoms with van der Waals surface area (Å²) in [7, 11) is -5.90. The van der Waals surface area contributed by atoms with Crippen LogP contribution in [0.5, 0.6) is 0 Å². The molecule has 30 heavy (non-hydrogen) atoms. The molecule has 1 aromatic carbocycles. The molecular formula is C22H28F2O5S. The standard InChI is InChI=1S/C22H28F2O5S/c1-4-8-17-9-11-18(12-10-17)21(3)14-7-5-6-13-20(2,15-21)16-29-19(25)22(23,24)30(26,27)28/h6-7,9-14H,4-5,8,15-16H2,1-3H3,(H,26,27,28). The average molecular weight is 443 g/mol. The molecule has 2 unspecified atom stereocenters. The number of carbonyl (C=O) groups is 1. The fourth-order valence-corrected chi connectivity index (χ4v) is 4.04. The van der Waals surface area contributed by atoms with Gasteiger partial charge in [0.1, 0.15) is 6.61 Å². The minimum absolute atomic E-state index is 0.435. The van der Waals surface area contributed by atoms with Gasteiger partial charge in [-0.3, -0.25) is 4.55 Å². The van der Waals surface area contributed by atoms with E-state index < -0.39 is 38.8 Å². The van der Waals surface area contributed by atoms with Gasteiger partial charge in [-0.05, 0) is 30.4 Å². The van der Waals surface area contributed by atoms with Crippen molar-refractivity contribution >= 4 is 16.1 Å². The summed E-state index contributed by atoms with van der Waals surface area (Å²) in [4.78, 5) is 11.6. The van der Waals surface area contributed by atoms with Crippen molar-refractivity contribution in [1.82, 2.24) is 0 Å². The highest BCUT2D eigenvalue weighted by Crippen LogP contribution is 2.41. The Morgan fingerprint density at radius 2 is 1.77 bits per heavy atom. The van der Waals surface area contributed by atoms with Gasteiger partial charge in [-0.2, -0.15) is 17.2 Å². The van der Waals surface area contributed by atoms with E-state index >= 15 is 0 Å². The molecule has 0 amide bonds.